The Hall–Kier alpha value is -2.71. The van der Waals surface area contributed by atoms with Crippen molar-refractivity contribution in [2.45, 2.75) is 36.6 Å². The van der Waals surface area contributed by atoms with Gasteiger partial charge in [-0.2, -0.15) is 4.98 Å². The number of sulfonamides is 1. The summed E-state index contributed by atoms with van der Waals surface area (Å²) in [4.78, 5) is 4.49. The lowest BCUT2D eigenvalue weighted by Crippen LogP contribution is -2.44. The van der Waals surface area contributed by atoms with E-state index in [1.165, 1.54) is 12.1 Å². The lowest BCUT2D eigenvalue weighted by molar-refractivity contribution is 0.229. The molecule has 3 N–H and O–H groups in total. The average molecular weight is 384 g/mol. The van der Waals surface area contributed by atoms with Crippen LogP contribution in [0.3, 0.4) is 0 Å². The Kier molecular flexibility index (Phi) is 4.24. The number of nitrogens with zero attached hydrogens (tertiary/aromatic N) is 2. The van der Waals surface area contributed by atoms with Crippen molar-refractivity contribution in [2.24, 2.45) is 5.73 Å². The van der Waals surface area contributed by atoms with Gasteiger partial charge in [-0.3, -0.25) is 4.72 Å². The third-order valence-corrected chi connectivity index (χ3v) is 6.16. The summed E-state index contributed by atoms with van der Waals surface area (Å²) in [5, 5.41) is 3.98. The molecule has 140 valence electrons. The Morgan fingerprint density at radius 2 is 1.93 bits per heavy atom. The molecule has 2 aromatic carbocycles. The van der Waals surface area contributed by atoms with Gasteiger partial charge in [-0.1, -0.05) is 23.4 Å². The van der Waals surface area contributed by atoms with Crippen LogP contribution in [0.15, 0.2) is 57.9 Å². The SMILES string of the molecule is Cc1cccc(NS(=O)(=O)c2cccc(-c3nc(C4(N)CCC4)no3)c2)c1. The van der Waals surface area contributed by atoms with Crippen molar-refractivity contribution in [1.82, 2.24) is 10.1 Å². The molecule has 1 aromatic heterocycles. The quantitative estimate of drug-likeness (QED) is 0.699. The highest BCUT2D eigenvalue weighted by molar-refractivity contribution is 7.92. The fourth-order valence-corrected chi connectivity index (χ4v) is 4.14. The normalized spacial score (nSPS) is 15.9. The third kappa shape index (κ3) is 3.45. The Morgan fingerprint density at radius 3 is 2.63 bits per heavy atom. The number of anilines is 1. The Morgan fingerprint density at radius 1 is 1.15 bits per heavy atom. The van der Waals surface area contributed by atoms with Gasteiger partial charge in [0, 0.05) is 11.3 Å². The Bertz CT molecular complexity index is 1090. The molecule has 1 aliphatic carbocycles. The predicted molar refractivity (Wildman–Crippen MR) is 101 cm³/mol. The van der Waals surface area contributed by atoms with Crippen LogP contribution in [0.2, 0.25) is 0 Å². The largest absolute Gasteiger partial charge is 0.334 e. The van der Waals surface area contributed by atoms with E-state index in [2.05, 4.69) is 14.9 Å². The van der Waals surface area contributed by atoms with E-state index in [4.69, 9.17) is 10.3 Å². The van der Waals surface area contributed by atoms with Crippen molar-refractivity contribution in [1.29, 1.82) is 0 Å². The molecule has 8 heteroatoms. The summed E-state index contributed by atoms with van der Waals surface area (Å²) in [6.45, 7) is 1.90. The number of nitrogens with one attached hydrogen (secondary N) is 1. The molecule has 1 aliphatic rings. The molecule has 7 nitrogen and oxygen atoms in total. The first-order chi connectivity index (χ1) is 12.9. The molecule has 0 radical (unpaired) electrons. The standard InChI is InChI=1S/C19H20N4O3S/c1-13-5-2-7-15(11-13)23-27(24,25)16-8-3-6-14(12-16)17-21-18(22-26-17)19(20)9-4-10-19/h2-3,5-8,11-12,23H,4,9-10,20H2,1H3. The molecule has 3 aromatic rings. The summed E-state index contributed by atoms with van der Waals surface area (Å²) in [7, 11) is -3.74. The van der Waals surface area contributed by atoms with Gasteiger partial charge in [-0.25, -0.2) is 8.42 Å². The van der Waals surface area contributed by atoms with Crippen molar-refractivity contribution < 1.29 is 12.9 Å². The van der Waals surface area contributed by atoms with Crippen LogP contribution in [-0.4, -0.2) is 18.6 Å². The molecule has 0 spiro atoms. The first kappa shape index (κ1) is 17.7. The van der Waals surface area contributed by atoms with Gasteiger partial charge in [0.25, 0.3) is 15.9 Å². The first-order valence-electron chi connectivity index (χ1n) is 8.69. The summed E-state index contributed by atoms with van der Waals surface area (Å²) in [6, 6.07) is 13.6. The lowest BCUT2D eigenvalue weighted by atomic mass is 9.77. The number of hydrogen-bond donors (Lipinski definition) is 2. The minimum Gasteiger partial charge on any atom is -0.334 e. The van der Waals surface area contributed by atoms with Gasteiger partial charge in [0.2, 0.25) is 0 Å². The summed E-state index contributed by atoms with van der Waals surface area (Å²) >= 11 is 0. The van der Waals surface area contributed by atoms with Crippen molar-refractivity contribution in [3.63, 3.8) is 0 Å². The fourth-order valence-electron chi connectivity index (χ4n) is 3.04. The van der Waals surface area contributed by atoms with Gasteiger partial charge in [-0.15, -0.1) is 0 Å². The second kappa shape index (κ2) is 6.47. The van der Waals surface area contributed by atoms with Crippen molar-refractivity contribution in [3.05, 3.63) is 59.9 Å². The van der Waals surface area contributed by atoms with E-state index in [1.54, 1.807) is 30.3 Å². The molecule has 0 unspecified atom stereocenters. The van der Waals surface area contributed by atoms with Gasteiger partial charge in [0.05, 0.1) is 10.4 Å². The lowest BCUT2D eigenvalue weighted by Gasteiger charge is -2.34. The maximum atomic E-state index is 12.7. The van der Waals surface area contributed by atoms with E-state index in [9.17, 15) is 8.42 Å². The van der Waals surface area contributed by atoms with E-state index < -0.39 is 15.6 Å². The Balaban J connectivity index is 1.62. The van der Waals surface area contributed by atoms with E-state index in [0.717, 1.165) is 24.8 Å². The summed E-state index contributed by atoms with van der Waals surface area (Å²) < 4.78 is 33.3. The molecule has 4 rings (SSSR count). The van der Waals surface area contributed by atoms with Crippen LogP contribution in [-0.2, 0) is 15.6 Å². The van der Waals surface area contributed by atoms with Gasteiger partial charge in [0.15, 0.2) is 5.82 Å². The Labute approximate surface area is 157 Å². The molecule has 1 heterocycles. The molecule has 0 bridgehead atoms. The van der Waals surface area contributed by atoms with Crippen LogP contribution in [0.5, 0.6) is 0 Å². The number of hydrogen-bond acceptors (Lipinski definition) is 6. The van der Waals surface area contributed by atoms with Crippen LogP contribution in [0, 0.1) is 6.92 Å². The van der Waals surface area contributed by atoms with Crippen LogP contribution >= 0.6 is 0 Å². The molecule has 0 saturated heterocycles. The van der Waals surface area contributed by atoms with Gasteiger partial charge in [-0.05, 0) is 62.1 Å². The number of rotatable bonds is 5. The molecule has 27 heavy (non-hydrogen) atoms. The maximum Gasteiger partial charge on any atom is 0.261 e. The zero-order valence-corrected chi connectivity index (χ0v) is 15.7. The molecular weight excluding hydrogens is 364 g/mol. The summed E-state index contributed by atoms with van der Waals surface area (Å²) in [5.74, 6) is 0.726. The molecule has 0 atom stereocenters. The second-order valence-electron chi connectivity index (χ2n) is 6.94. The third-order valence-electron chi connectivity index (χ3n) is 4.78. The summed E-state index contributed by atoms with van der Waals surface area (Å²) in [6.07, 6.45) is 2.68. The zero-order valence-electron chi connectivity index (χ0n) is 14.8. The van der Waals surface area contributed by atoms with Gasteiger partial charge >= 0.3 is 0 Å². The highest BCUT2D eigenvalue weighted by Crippen LogP contribution is 2.37. The first-order valence-corrected chi connectivity index (χ1v) is 10.2. The topological polar surface area (TPSA) is 111 Å². The second-order valence-corrected chi connectivity index (χ2v) is 8.62. The van der Waals surface area contributed by atoms with Crippen LogP contribution in [0.1, 0.15) is 30.7 Å². The summed E-state index contributed by atoms with van der Waals surface area (Å²) in [5.41, 5.74) is 7.70. The van der Waals surface area contributed by atoms with Crippen LogP contribution in [0.25, 0.3) is 11.5 Å². The van der Waals surface area contributed by atoms with E-state index in [1.807, 2.05) is 13.0 Å². The fraction of sp³-hybridized carbons (Fsp3) is 0.263. The van der Waals surface area contributed by atoms with E-state index >= 15 is 0 Å². The van der Waals surface area contributed by atoms with Crippen molar-refractivity contribution >= 4 is 15.7 Å². The molecule has 0 amide bonds. The predicted octanol–water partition coefficient (Wildman–Crippen LogP) is 3.18. The van der Waals surface area contributed by atoms with Gasteiger partial charge < -0.3 is 10.3 Å². The molecule has 1 fully saturated rings. The van der Waals surface area contributed by atoms with E-state index in [0.29, 0.717) is 17.1 Å². The van der Waals surface area contributed by atoms with Crippen molar-refractivity contribution in [2.75, 3.05) is 4.72 Å². The van der Waals surface area contributed by atoms with Crippen molar-refractivity contribution in [3.8, 4) is 11.5 Å². The minimum atomic E-state index is -3.74. The highest BCUT2D eigenvalue weighted by Gasteiger charge is 2.39. The monoisotopic (exact) mass is 384 g/mol. The zero-order chi connectivity index (χ0) is 19.1. The number of benzene rings is 2. The average Bonchev–Trinajstić information content (AvgIpc) is 3.10. The number of nitrogens with two attached hydrogens (primary N) is 1. The number of aryl methyl sites for hydroxylation is 1. The van der Waals surface area contributed by atoms with Crippen LogP contribution < -0.4 is 10.5 Å². The van der Waals surface area contributed by atoms with Crippen LogP contribution in [0.4, 0.5) is 5.69 Å². The molecule has 1 saturated carbocycles. The highest BCUT2D eigenvalue weighted by atomic mass is 32.2. The minimum absolute atomic E-state index is 0.118. The number of aromatic nitrogens is 2. The van der Waals surface area contributed by atoms with E-state index in [-0.39, 0.29) is 10.8 Å². The van der Waals surface area contributed by atoms with Gasteiger partial charge in [0.1, 0.15) is 0 Å². The molecular formula is C19H20N4O3S. The maximum absolute atomic E-state index is 12.7. The molecule has 0 aliphatic heterocycles. The smallest absolute Gasteiger partial charge is 0.261 e.